The smallest absolute Gasteiger partial charge is 0.165 e. The fraction of sp³-hybridized carbons (Fsp3) is 0. The summed E-state index contributed by atoms with van der Waals surface area (Å²) in [6.07, 6.45) is 3.44. The van der Waals surface area contributed by atoms with Crippen LogP contribution in [0.4, 0.5) is 0 Å². The third-order valence-electron chi connectivity index (χ3n) is 8.66. The van der Waals surface area contributed by atoms with Crippen LogP contribution in [0.25, 0.3) is 91.9 Å². The Labute approximate surface area is 254 Å². The molecule has 0 saturated heterocycles. The van der Waals surface area contributed by atoms with Crippen LogP contribution in [-0.4, -0.2) is 24.5 Å². The lowest BCUT2D eigenvalue weighted by atomic mass is 9.99. The average Bonchev–Trinajstić information content (AvgIpc) is 3.65. The molecule has 10 aromatic rings. The van der Waals surface area contributed by atoms with Gasteiger partial charge < -0.3 is 0 Å². The molecule has 4 aromatic heterocycles. The second-order valence-electron chi connectivity index (χ2n) is 11.0. The molecular weight excluding hydrogens is 559 g/mol. The minimum absolute atomic E-state index is 0.740. The number of thiophene rings is 1. The molecule has 204 valence electrons. The highest BCUT2D eigenvalue weighted by molar-refractivity contribution is 7.27. The van der Waals surface area contributed by atoms with Crippen LogP contribution in [0, 0.1) is 0 Å². The standard InChI is InChI=1S/C38H21N5S/c1-2-10-22(11-3-1)33-38(42-35-28(41-33)19-18-27-34(35)40-21-20-39-27)43-29-16-8-6-14-25(29)31-23-12-4-5-13-24(23)32-26-15-7-9-17-30(26)44-37(32)36(31)43/h1-21H. The van der Waals surface area contributed by atoms with Crippen molar-refractivity contribution < 1.29 is 0 Å². The summed E-state index contributed by atoms with van der Waals surface area (Å²) in [6, 6.07) is 40.6. The van der Waals surface area contributed by atoms with Gasteiger partial charge in [-0.3, -0.25) is 14.5 Å². The Hall–Kier alpha value is -5.72. The van der Waals surface area contributed by atoms with Crippen molar-refractivity contribution >= 4 is 86.2 Å². The molecule has 0 spiro atoms. The van der Waals surface area contributed by atoms with E-state index < -0.39 is 0 Å². The van der Waals surface area contributed by atoms with E-state index in [4.69, 9.17) is 15.0 Å². The average molecular weight is 580 g/mol. The normalized spacial score (nSPS) is 12.1. The lowest BCUT2D eigenvalue weighted by Crippen LogP contribution is -2.04. The summed E-state index contributed by atoms with van der Waals surface area (Å²) in [5.41, 5.74) is 7.16. The van der Waals surface area contributed by atoms with Crippen molar-refractivity contribution in [1.29, 1.82) is 0 Å². The molecule has 0 saturated carbocycles. The van der Waals surface area contributed by atoms with Crippen molar-refractivity contribution in [2.45, 2.75) is 0 Å². The van der Waals surface area contributed by atoms with Gasteiger partial charge in [-0.05, 0) is 35.0 Å². The minimum atomic E-state index is 0.740. The molecule has 0 aliphatic carbocycles. The first kappa shape index (κ1) is 23.8. The van der Waals surface area contributed by atoms with Crippen molar-refractivity contribution in [3.05, 3.63) is 128 Å². The van der Waals surface area contributed by atoms with Gasteiger partial charge in [0, 0.05) is 44.2 Å². The van der Waals surface area contributed by atoms with E-state index in [0.717, 1.165) is 50.2 Å². The first-order chi connectivity index (χ1) is 21.8. The molecule has 0 radical (unpaired) electrons. The summed E-state index contributed by atoms with van der Waals surface area (Å²) in [7, 11) is 0. The van der Waals surface area contributed by atoms with Gasteiger partial charge in [-0.25, -0.2) is 9.97 Å². The second kappa shape index (κ2) is 8.89. The summed E-state index contributed by atoms with van der Waals surface area (Å²) < 4.78 is 4.86. The van der Waals surface area contributed by atoms with Crippen molar-refractivity contribution in [1.82, 2.24) is 24.5 Å². The fourth-order valence-corrected chi connectivity index (χ4v) is 8.09. The van der Waals surface area contributed by atoms with E-state index in [0.29, 0.717) is 0 Å². The van der Waals surface area contributed by atoms with Crippen molar-refractivity contribution in [3.8, 4) is 17.1 Å². The first-order valence-corrected chi connectivity index (χ1v) is 15.4. The van der Waals surface area contributed by atoms with Crippen LogP contribution in [0.5, 0.6) is 0 Å². The van der Waals surface area contributed by atoms with E-state index in [2.05, 4.69) is 107 Å². The van der Waals surface area contributed by atoms with Gasteiger partial charge in [-0.2, -0.15) is 0 Å². The number of benzene rings is 6. The summed E-state index contributed by atoms with van der Waals surface area (Å²) in [6.45, 7) is 0. The fourth-order valence-electron chi connectivity index (χ4n) is 6.83. The highest BCUT2D eigenvalue weighted by Crippen LogP contribution is 2.48. The van der Waals surface area contributed by atoms with E-state index >= 15 is 0 Å². The third-order valence-corrected chi connectivity index (χ3v) is 9.84. The Bertz CT molecular complexity index is 2780. The lowest BCUT2D eigenvalue weighted by Gasteiger charge is -2.15. The van der Waals surface area contributed by atoms with Crippen LogP contribution in [0.1, 0.15) is 0 Å². The van der Waals surface area contributed by atoms with Gasteiger partial charge in [0.2, 0.25) is 0 Å². The third kappa shape index (κ3) is 3.17. The molecule has 6 aromatic carbocycles. The molecular formula is C38H21N5S. The molecule has 44 heavy (non-hydrogen) atoms. The molecule has 10 rings (SSSR count). The van der Waals surface area contributed by atoms with Gasteiger partial charge in [0.1, 0.15) is 16.7 Å². The Morgan fingerprint density at radius 1 is 0.523 bits per heavy atom. The Morgan fingerprint density at radius 3 is 2.07 bits per heavy atom. The molecule has 0 aliphatic rings. The largest absolute Gasteiger partial charge is 0.290 e. The molecule has 0 atom stereocenters. The zero-order valence-electron chi connectivity index (χ0n) is 23.3. The molecule has 0 amide bonds. The minimum Gasteiger partial charge on any atom is -0.290 e. The molecule has 0 fully saturated rings. The van der Waals surface area contributed by atoms with Gasteiger partial charge in [0.05, 0.1) is 26.8 Å². The number of hydrogen-bond acceptors (Lipinski definition) is 5. The van der Waals surface area contributed by atoms with Crippen LogP contribution in [0.2, 0.25) is 0 Å². The van der Waals surface area contributed by atoms with Gasteiger partial charge in [-0.1, -0.05) is 91.0 Å². The van der Waals surface area contributed by atoms with E-state index in [-0.39, 0.29) is 0 Å². The number of para-hydroxylation sites is 1. The maximum Gasteiger partial charge on any atom is 0.165 e. The Balaban J connectivity index is 1.49. The molecule has 0 unspecified atom stereocenters. The van der Waals surface area contributed by atoms with Gasteiger partial charge >= 0.3 is 0 Å². The monoisotopic (exact) mass is 579 g/mol. The maximum atomic E-state index is 5.47. The highest BCUT2D eigenvalue weighted by Gasteiger charge is 2.25. The van der Waals surface area contributed by atoms with Gasteiger partial charge in [0.25, 0.3) is 0 Å². The van der Waals surface area contributed by atoms with Gasteiger partial charge in [-0.15, -0.1) is 11.3 Å². The zero-order valence-corrected chi connectivity index (χ0v) is 24.1. The number of fused-ring (bicyclic) bond motifs is 13. The Kier molecular flexibility index (Phi) is 4.81. The van der Waals surface area contributed by atoms with Crippen molar-refractivity contribution in [2.24, 2.45) is 0 Å². The van der Waals surface area contributed by atoms with E-state index in [1.165, 1.54) is 41.7 Å². The van der Waals surface area contributed by atoms with Crippen LogP contribution >= 0.6 is 11.3 Å². The summed E-state index contributed by atoms with van der Waals surface area (Å²) in [5.74, 6) is 0.780. The second-order valence-corrected chi connectivity index (χ2v) is 12.1. The maximum absolute atomic E-state index is 5.47. The zero-order chi connectivity index (χ0) is 28.8. The molecule has 5 nitrogen and oxygen atoms in total. The lowest BCUT2D eigenvalue weighted by molar-refractivity contribution is 1.08. The SMILES string of the molecule is c1ccc(-c2nc3ccc4nccnc4c3nc2-n2c3ccccc3c3c4ccccc4c4c5ccccc5sc4c32)cc1. The van der Waals surface area contributed by atoms with Crippen LogP contribution < -0.4 is 0 Å². The van der Waals surface area contributed by atoms with Gasteiger partial charge in [0.15, 0.2) is 5.82 Å². The number of hydrogen-bond donors (Lipinski definition) is 0. The predicted molar refractivity (Wildman–Crippen MR) is 183 cm³/mol. The molecule has 0 aliphatic heterocycles. The summed E-state index contributed by atoms with van der Waals surface area (Å²) in [4.78, 5) is 20.0. The van der Waals surface area contributed by atoms with E-state index in [1.54, 1.807) is 12.4 Å². The summed E-state index contributed by atoms with van der Waals surface area (Å²) >= 11 is 1.85. The highest BCUT2D eigenvalue weighted by atomic mass is 32.1. The molecule has 4 heterocycles. The van der Waals surface area contributed by atoms with E-state index in [9.17, 15) is 0 Å². The number of nitrogens with zero attached hydrogens (tertiary/aromatic N) is 5. The van der Waals surface area contributed by atoms with Crippen LogP contribution in [0.3, 0.4) is 0 Å². The molecule has 0 bridgehead atoms. The van der Waals surface area contributed by atoms with E-state index in [1.807, 2.05) is 29.5 Å². The quantitative estimate of drug-likeness (QED) is 0.191. The molecule has 6 heteroatoms. The predicted octanol–water partition coefficient (Wildman–Crippen LogP) is 9.86. The van der Waals surface area contributed by atoms with Crippen LogP contribution in [-0.2, 0) is 0 Å². The number of rotatable bonds is 2. The molecule has 0 N–H and O–H groups in total. The number of aromatic nitrogens is 5. The van der Waals surface area contributed by atoms with Crippen molar-refractivity contribution in [2.75, 3.05) is 0 Å². The summed E-state index contributed by atoms with van der Waals surface area (Å²) in [5, 5.41) is 7.48. The van der Waals surface area contributed by atoms with Crippen molar-refractivity contribution in [3.63, 3.8) is 0 Å². The topological polar surface area (TPSA) is 56.5 Å². The Morgan fingerprint density at radius 2 is 1.20 bits per heavy atom. The van der Waals surface area contributed by atoms with Crippen LogP contribution in [0.15, 0.2) is 128 Å². The first-order valence-electron chi connectivity index (χ1n) is 14.6.